The van der Waals surface area contributed by atoms with E-state index in [2.05, 4.69) is 34.6 Å². The van der Waals surface area contributed by atoms with Gasteiger partial charge in [-0.05, 0) is 0 Å². The Bertz CT molecular complexity index is 317. The average molecular weight is 321 g/mol. The average Bonchev–Trinajstić information content (AvgIpc) is 2.86. The first kappa shape index (κ1) is 23.1. The third-order valence-corrected chi connectivity index (χ3v) is 3.37. The predicted octanol–water partition coefficient (Wildman–Crippen LogP) is 5.19. The number of halogens is 2. The molecule has 0 amide bonds. The monoisotopic (exact) mass is 320 g/mol. The van der Waals surface area contributed by atoms with Gasteiger partial charge >= 0.3 is 0 Å². The van der Waals surface area contributed by atoms with Gasteiger partial charge in [0.05, 0.1) is 0 Å². The van der Waals surface area contributed by atoms with E-state index in [1.165, 1.54) is 27.8 Å². The van der Waals surface area contributed by atoms with Crippen LogP contribution >= 0.6 is 24.8 Å². The second kappa shape index (κ2) is 10.9. The normalized spacial score (nSPS) is 8.06. The fraction of sp³-hybridized carbons (Fsp3) is 0.333. The van der Waals surface area contributed by atoms with E-state index in [4.69, 9.17) is 0 Å². The zero-order chi connectivity index (χ0) is 11.4. The first-order chi connectivity index (χ1) is 7.05. The van der Waals surface area contributed by atoms with Crippen LogP contribution in [0.4, 0.5) is 0 Å². The maximum atomic E-state index is 2.20. The molecule has 0 aliphatic heterocycles. The van der Waals surface area contributed by atoms with E-state index in [0.717, 1.165) is 0 Å². The Kier molecular flexibility index (Phi) is 14.0. The molecule has 2 rings (SSSR count). The fourth-order valence-corrected chi connectivity index (χ4v) is 1.73. The molecule has 0 unspecified atom stereocenters. The Morgan fingerprint density at radius 2 is 0.889 bits per heavy atom. The van der Waals surface area contributed by atoms with Gasteiger partial charge in [-0.2, -0.15) is 27.8 Å². The van der Waals surface area contributed by atoms with Gasteiger partial charge in [-0.3, -0.25) is 0 Å². The van der Waals surface area contributed by atoms with Crippen molar-refractivity contribution in [1.82, 2.24) is 0 Å². The summed E-state index contributed by atoms with van der Waals surface area (Å²) >= 11 is 0. The van der Waals surface area contributed by atoms with Gasteiger partial charge < -0.3 is 30.3 Å². The van der Waals surface area contributed by atoms with Gasteiger partial charge in [-0.25, -0.2) is 0 Å². The van der Waals surface area contributed by atoms with Gasteiger partial charge in [0.1, 0.15) is 0 Å². The molecule has 0 spiro atoms. The Morgan fingerprint density at radius 3 is 1.00 bits per heavy atom. The van der Waals surface area contributed by atoms with Gasteiger partial charge in [0.25, 0.3) is 0 Å². The summed E-state index contributed by atoms with van der Waals surface area (Å²) in [7, 11) is 0. The third kappa shape index (κ3) is 5.76. The molecular weight excluding hydrogens is 299 g/mol. The van der Waals surface area contributed by atoms with Crippen LogP contribution < -0.4 is 0 Å². The second-order valence-electron chi connectivity index (χ2n) is 4.09. The molecule has 0 radical (unpaired) electrons. The van der Waals surface area contributed by atoms with Gasteiger partial charge in [0, 0.05) is 21.7 Å². The van der Waals surface area contributed by atoms with Crippen LogP contribution in [0.2, 0.25) is 0 Å². The van der Waals surface area contributed by atoms with Crippen LogP contribution in [0.15, 0.2) is 30.3 Å². The molecule has 3 heteroatoms. The van der Waals surface area contributed by atoms with Crippen molar-refractivity contribution in [1.29, 1.82) is 0 Å². The molecule has 0 aliphatic carbocycles. The van der Waals surface area contributed by atoms with Gasteiger partial charge in [-0.15, -0.1) is 24.8 Å². The molecule has 0 atom stereocenters. The number of hydrogen-bond acceptors (Lipinski definition) is 0. The van der Waals surface area contributed by atoms with Crippen LogP contribution in [0.1, 0.15) is 27.8 Å². The van der Waals surface area contributed by atoms with Crippen LogP contribution in [0.3, 0.4) is 0 Å². The summed E-state index contributed by atoms with van der Waals surface area (Å²) < 4.78 is 0. The summed E-state index contributed by atoms with van der Waals surface area (Å²) in [5.41, 5.74) is 7.34. The molecule has 2 aromatic carbocycles. The smallest absolute Gasteiger partial charge is 0 e. The molecule has 0 saturated carbocycles. The summed E-state index contributed by atoms with van der Waals surface area (Å²) in [6, 6.07) is 10.0. The van der Waals surface area contributed by atoms with Crippen LogP contribution in [-0.2, 0) is 21.7 Å². The zero-order valence-corrected chi connectivity index (χ0v) is 14.9. The van der Waals surface area contributed by atoms with E-state index in [1.54, 1.807) is 0 Å². The quantitative estimate of drug-likeness (QED) is 0.462. The summed E-state index contributed by atoms with van der Waals surface area (Å²) in [6.07, 6.45) is 0. The minimum absolute atomic E-state index is 0. The van der Waals surface area contributed by atoms with Gasteiger partial charge in [-0.1, -0.05) is 34.6 Å². The molecule has 0 bridgehead atoms. The Hall–Kier alpha value is -0.00571. The van der Waals surface area contributed by atoms with Crippen molar-refractivity contribution in [2.45, 2.75) is 34.6 Å². The molecule has 0 heterocycles. The van der Waals surface area contributed by atoms with Crippen molar-refractivity contribution in [3.05, 3.63) is 58.1 Å². The molecule has 0 nitrogen and oxygen atoms in total. The fourth-order valence-electron chi connectivity index (χ4n) is 1.73. The molecule has 0 fully saturated rings. The summed E-state index contributed by atoms with van der Waals surface area (Å²) in [4.78, 5) is 0. The summed E-state index contributed by atoms with van der Waals surface area (Å²) in [6.45, 7) is 11.0. The van der Waals surface area contributed by atoms with E-state index < -0.39 is 0 Å². The van der Waals surface area contributed by atoms with Crippen LogP contribution in [0.25, 0.3) is 0 Å². The van der Waals surface area contributed by atoms with E-state index in [-0.39, 0.29) is 46.5 Å². The second-order valence-corrected chi connectivity index (χ2v) is 4.09. The first-order valence-electron chi connectivity index (χ1n) is 5.42. The predicted molar refractivity (Wildman–Crippen MR) is 82.3 cm³/mol. The van der Waals surface area contributed by atoms with Gasteiger partial charge in [0.2, 0.25) is 0 Å². The maximum Gasteiger partial charge on any atom is 0 e. The van der Waals surface area contributed by atoms with Crippen molar-refractivity contribution in [3.8, 4) is 0 Å². The molecular formula is C15H22Cl2Ti-6. The van der Waals surface area contributed by atoms with Crippen molar-refractivity contribution >= 4 is 24.8 Å². The standard InChI is InChI=1S/C10H15.C5H5.2ClH.Ti/c1-6-7(2)9(4)10(5)8(6)3;1-2-4-5-3-1;;;/h1-5H3;1-5H;2*1H;/q-1;-5;;;. The van der Waals surface area contributed by atoms with Crippen LogP contribution in [0, 0.1) is 34.6 Å². The zero-order valence-electron chi connectivity index (χ0n) is 11.7. The number of rotatable bonds is 0. The molecule has 18 heavy (non-hydrogen) atoms. The topological polar surface area (TPSA) is 0 Å². The SMILES string of the molecule is Cc1c(C)c(C)[c-](C)c1C.Cl.Cl.[Ti].[cH-]1[cH-][cH-][cH-][cH-]1. The van der Waals surface area contributed by atoms with Crippen molar-refractivity contribution in [2.75, 3.05) is 0 Å². The molecule has 2 aromatic rings. The molecule has 0 N–H and O–H groups in total. The van der Waals surface area contributed by atoms with E-state index in [1.807, 2.05) is 30.3 Å². The number of hydrogen-bond donors (Lipinski definition) is 0. The largest absolute Gasteiger partial charge is 0.748 e. The van der Waals surface area contributed by atoms with Crippen molar-refractivity contribution in [3.63, 3.8) is 0 Å². The van der Waals surface area contributed by atoms with Gasteiger partial charge in [0.15, 0.2) is 0 Å². The molecule has 0 aromatic heterocycles. The summed E-state index contributed by atoms with van der Waals surface area (Å²) in [5, 5.41) is 0. The Labute approximate surface area is 139 Å². The minimum atomic E-state index is 0. The van der Waals surface area contributed by atoms with Crippen LogP contribution in [0.5, 0.6) is 0 Å². The molecule has 0 saturated heterocycles. The molecule has 0 aliphatic rings. The first-order valence-corrected chi connectivity index (χ1v) is 5.42. The summed E-state index contributed by atoms with van der Waals surface area (Å²) in [5.74, 6) is 0. The minimum Gasteiger partial charge on any atom is -0.748 e. The Balaban J connectivity index is -0.000000245. The third-order valence-electron chi connectivity index (χ3n) is 3.37. The maximum absolute atomic E-state index is 2.20. The van der Waals surface area contributed by atoms with Crippen LogP contribution in [-0.4, -0.2) is 0 Å². The molecule has 106 valence electrons. The Morgan fingerprint density at radius 1 is 0.667 bits per heavy atom. The van der Waals surface area contributed by atoms with E-state index in [9.17, 15) is 0 Å². The van der Waals surface area contributed by atoms with E-state index in [0.29, 0.717) is 0 Å². The van der Waals surface area contributed by atoms with Crippen molar-refractivity contribution < 1.29 is 21.7 Å². The van der Waals surface area contributed by atoms with Crippen molar-refractivity contribution in [2.24, 2.45) is 0 Å². The van der Waals surface area contributed by atoms with E-state index >= 15 is 0 Å².